The number of carbonyl (C=O) groups excluding carboxylic acids is 2. The Morgan fingerprint density at radius 1 is 1.15 bits per heavy atom. The molecular weight excluding hydrogens is 487 g/mol. The third kappa shape index (κ3) is 5.28. The quantitative estimate of drug-likeness (QED) is 0.340. The van der Waals surface area contributed by atoms with Crippen LogP contribution in [0.15, 0.2) is 46.3 Å². The number of benzene rings is 2. The topological polar surface area (TPSA) is 113 Å². The third-order valence-electron chi connectivity index (χ3n) is 5.00. The molecule has 34 heavy (non-hydrogen) atoms. The molecule has 12 heteroatoms. The van der Waals surface area contributed by atoms with Crippen molar-refractivity contribution in [2.24, 2.45) is 4.99 Å². The predicted molar refractivity (Wildman–Crippen MR) is 121 cm³/mol. The predicted octanol–water partition coefficient (Wildman–Crippen LogP) is 2.82. The van der Waals surface area contributed by atoms with Gasteiger partial charge in [0, 0.05) is 25.1 Å². The summed E-state index contributed by atoms with van der Waals surface area (Å²) in [6.45, 7) is 2.28. The van der Waals surface area contributed by atoms with E-state index in [2.05, 4.69) is 4.99 Å². The number of hydrogen-bond donors (Lipinski definition) is 0. The van der Waals surface area contributed by atoms with Gasteiger partial charge in [-0.05, 0) is 31.2 Å². The molecule has 1 aliphatic rings. The first-order valence-corrected chi connectivity index (χ1v) is 12.9. The molecule has 0 N–H and O–H groups in total. The molecule has 1 aliphatic heterocycles. The number of carbonyl (C=O) groups is 2. The van der Waals surface area contributed by atoms with Crippen molar-refractivity contribution in [3.05, 3.63) is 47.0 Å². The lowest BCUT2D eigenvalue weighted by molar-refractivity contribution is -0.143. The number of nitrogens with zero attached hydrogens (tertiary/aromatic N) is 2. The standard InChI is InChI=1S/C22H21FN2O7S2/c1-2-30-21(27)7-9-25-16-11-17-18(32-13-31-17)12-19(16)33-22(25)24-20(26)8-10-34(28,29)15-5-3-14(23)4-6-15/h3-6,11-12H,2,7-10,13H2,1H3. The number of rotatable bonds is 8. The molecule has 0 unspecified atom stereocenters. The fourth-order valence-electron chi connectivity index (χ4n) is 3.34. The second-order valence-corrected chi connectivity index (χ2v) is 10.4. The van der Waals surface area contributed by atoms with E-state index in [1.54, 1.807) is 23.6 Å². The van der Waals surface area contributed by atoms with Gasteiger partial charge in [-0.2, -0.15) is 4.99 Å². The number of thiazole rings is 1. The number of esters is 1. The Morgan fingerprint density at radius 2 is 1.85 bits per heavy atom. The Labute approximate surface area is 198 Å². The van der Waals surface area contributed by atoms with Crippen LogP contribution >= 0.6 is 11.3 Å². The smallest absolute Gasteiger partial charge is 0.307 e. The summed E-state index contributed by atoms with van der Waals surface area (Å²) in [5.41, 5.74) is 0.698. The van der Waals surface area contributed by atoms with E-state index in [1.807, 2.05) is 0 Å². The van der Waals surface area contributed by atoms with Gasteiger partial charge in [0.25, 0.3) is 0 Å². The van der Waals surface area contributed by atoms with Crippen LogP contribution in [0.1, 0.15) is 19.8 Å². The number of sulfone groups is 1. The van der Waals surface area contributed by atoms with Gasteiger partial charge in [-0.3, -0.25) is 9.59 Å². The molecule has 0 aliphatic carbocycles. The maximum Gasteiger partial charge on any atom is 0.307 e. The van der Waals surface area contributed by atoms with Gasteiger partial charge in [0.2, 0.25) is 12.7 Å². The lowest BCUT2D eigenvalue weighted by Crippen LogP contribution is -2.20. The summed E-state index contributed by atoms with van der Waals surface area (Å²) in [5, 5.41) is 0. The Balaban J connectivity index is 1.60. The monoisotopic (exact) mass is 508 g/mol. The highest BCUT2D eigenvalue weighted by Crippen LogP contribution is 2.37. The van der Waals surface area contributed by atoms with Crippen LogP contribution in [0.3, 0.4) is 0 Å². The molecule has 0 saturated heterocycles. The molecule has 0 fully saturated rings. The average molecular weight is 509 g/mol. The molecule has 0 spiro atoms. The second-order valence-electron chi connectivity index (χ2n) is 7.29. The molecule has 1 aromatic heterocycles. The Bertz CT molecular complexity index is 1410. The maximum atomic E-state index is 13.1. The van der Waals surface area contributed by atoms with Crippen LogP contribution in [0.5, 0.6) is 11.5 Å². The van der Waals surface area contributed by atoms with Gasteiger partial charge in [-0.25, -0.2) is 12.8 Å². The molecule has 0 saturated carbocycles. The summed E-state index contributed by atoms with van der Waals surface area (Å²) in [6.07, 6.45) is -0.289. The van der Waals surface area contributed by atoms with E-state index in [0.717, 1.165) is 29.0 Å². The van der Waals surface area contributed by atoms with Crippen molar-refractivity contribution in [1.82, 2.24) is 4.57 Å². The summed E-state index contributed by atoms with van der Waals surface area (Å²) >= 11 is 1.21. The zero-order valence-corrected chi connectivity index (χ0v) is 19.8. The Hall–Kier alpha value is -3.25. The molecule has 1 amide bonds. The summed E-state index contributed by atoms with van der Waals surface area (Å²) in [4.78, 5) is 28.8. The average Bonchev–Trinajstić information content (AvgIpc) is 3.38. The van der Waals surface area contributed by atoms with Gasteiger partial charge in [0.15, 0.2) is 26.1 Å². The minimum atomic E-state index is -3.78. The molecule has 180 valence electrons. The zero-order valence-electron chi connectivity index (χ0n) is 18.2. The van der Waals surface area contributed by atoms with Gasteiger partial charge < -0.3 is 18.8 Å². The lowest BCUT2D eigenvalue weighted by Gasteiger charge is -2.06. The van der Waals surface area contributed by atoms with Gasteiger partial charge in [-0.15, -0.1) is 0 Å². The second kappa shape index (κ2) is 9.94. The van der Waals surface area contributed by atoms with E-state index in [-0.39, 0.29) is 37.7 Å². The van der Waals surface area contributed by atoms with Gasteiger partial charge in [0.05, 0.1) is 33.9 Å². The van der Waals surface area contributed by atoms with E-state index < -0.39 is 33.3 Å². The minimum Gasteiger partial charge on any atom is -0.466 e. The van der Waals surface area contributed by atoms with Crippen LogP contribution in [0, 0.1) is 5.82 Å². The number of halogens is 1. The van der Waals surface area contributed by atoms with Crippen molar-refractivity contribution in [2.75, 3.05) is 19.2 Å². The molecule has 2 heterocycles. The van der Waals surface area contributed by atoms with Crippen LogP contribution in [0.25, 0.3) is 10.2 Å². The molecule has 3 aromatic rings. The van der Waals surface area contributed by atoms with Gasteiger partial charge >= 0.3 is 5.97 Å². The molecule has 0 atom stereocenters. The van der Waals surface area contributed by atoms with Crippen LogP contribution in [0.4, 0.5) is 4.39 Å². The van der Waals surface area contributed by atoms with E-state index >= 15 is 0 Å². The largest absolute Gasteiger partial charge is 0.466 e. The lowest BCUT2D eigenvalue weighted by atomic mass is 10.3. The minimum absolute atomic E-state index is 0.0639. The first-order chi connectivity index (χ1) is 16.3. The Morgan fingerprint density at radius 3 is 2.56 bits per heavy atom. The highest BCUT2D eigenvalue weighted by molar-refractivity contribution is 7.91. The van der Waals surface area contributed by atoms with Crippen molar-refractivity contribution >= 4 is 43.3 Å². The van der Waals surface area contributed by atoms with Crippen molar-refractivity contribution in [1.29, 1.82) is 0 Å². The molecular formula is C22H21FN2O7S2. The highest BCUT2D eigenvalue weighted by atomic mass is 32.2. The zero-order chi connectivity index (χ0) is 24.3. The van der Waals surface area contributed by atoms with E-state index in [9.17, 15) is 22.4 Å². The van der Waals surface area contributed by atoms with Crippen molar-refractivity contribution in [3.8, 4) is 11.5 Å². The first-order valence-electron chi connectivity index (χ1n) is 10.4. The Kier molecular flexibility index (Phi) is 6.98. The van der Waals surface area contributed by atoms with E-state index in [4.69, 9.17) is 14.2 Å². The van der Waals surface area contributed by atoms with Crippen molar-refractivity contribution < 1.29 is 36.6 Å². The maximum absolute atomic E-state index is 13.1. The SMILES string of the molecule is CCOC(=O)CCn1c(=NC(=O)CCS(=O)(=O)c2ccc(F)cc2)sc2cc3c(cc21)OCO3. The van der Waals surface area contributed by atoms with E-state index in [1.165, 1.54) is 11.3 Å². The normalized spacial score (nSPS) is 13.4. The van der Waals surface area contributed by atoms with Crippen molar-refractivity contribution in [2.45, 2.75) is 31.2 Å². The molecule has 9 nitrogen and oxygen atoms in total. The van der Waals surface area contributed by atoms with Crippen molar-refractivity contribution in [3.63, 3.8) is 0 Å². The first kappa shape index (κ1) is 23.9. The number of hydrogen-bond acceptors (Lipinski definition) is 8. The molecule has 0 bridgehead atoms. The van der Waals surface area contributed by atoms with E-state index in [0.29, 0.717) is 21.8 Å². The summed E-state index contributed by atoms with van der Waals surface area (Å²) < 4.78 is 56.3. The fraction of sp³-hybridized carbons (Fsp3) is 0.318. The number of aromatic nitrogens is 1. The number of amides is 1. The highest BCUT2D eigenvalue weighted by Gasteiger charge is 2.20. The third-order valence-corrected chi connectivity index (χ3v) is 7.77. The van der Waals surface area contributed by atoms with Crippen LogP contribution in [0.2, 0.25) is 0 Å². The molecule has 4 rings (SSSR count). The van der Waals surface area contributed by atoms with Crippen LogP contribution < -0.4 is 14.3 Å². The fourth-order valence-corrected chi connectivity index (χ4v) is 5.65. The van der Waals surface area contributed by atoms with Gasteiger partial charge in [-0.1, -0.05) is 11.3 Å². The molecule has 0 radical (unpaired) electrons. The van der Waals surface area contributed by atoms with Gasteiger partial charge in [0.1, 0.15) is 5.82 Å². The summed E-state index contributed by atoms with van der Waals surface area (Å²) in [6, 6.07) is 7.94. The number of aryl methyl sites for hydroxylation is 1. The number of fused-ring (bicyclic) bond motifs is 2. The summed E-state index contributed by atoms with van der Waals surface area (Å²) in [5.74, 6) is -0.943. The summed E-state index contributed by atoms with van der Waals surface area (Å²) in [7, 11) is -3.78. The van der Waals surface area contributed by atoms with Crippen LogP contribution in [-0.2, 0) is 30.7 Å². The number of ether oxygens (including phenoxy) is 3. The molecule has 2 aromatic carbocycles. The van der Waals surface area contributed by atoms with Crippen LogP contribution in [-0.4, -0.2) is 44.0 Å².